The van der Waals surface area contributed by atoms with E-state index in [0.717, 1.165) is 0 Å². The molecule has 0 aliphatic heterocycles. The van der Waals surface area contributed by atoms with E-state index in [-0.39, 0.29) is 5.82 Å². The molecule has 0 aromatic carbocycles. The van der Waals surface area contributed by atoms with E-state index in [4.69, 9.17) is 5.26 Å². The summed E-state index contributed by atoms with van der Waals surface area (Å²) in [5, 5.41) is 8.18. The van der Waals surface area contributed by atoms with E-state index in [1.54, 1.807) is 0 Å². The zero-order valence-corrected chi connectivity index (χ0v) is 5.71. The molecule has 0 bridgehead atoms. The van der Waals surface area contributed by atoms with Crippen LogP contribution in [0.5, 0.6) is 0 Å². The quantitative estimate of drug-likeness (QED) is 0.576. The second-order valence-corrected chi connectivity index (χ2v) is 2.03. The van der Waals surface area contributed by atoms with Crippen molar-refractivity contribution in [3.63, 3.8) is 0 Å². The number of hydrogen-bond donors (Lipinski definition) is 0. The van der Waals surface area contributed by atoms with E-state index in [1.807, 2.05) is 0 Å². The van der Waals surface area contributed by atoms with Gasteiger partial charge < -0.3 is 12.9 Å². The highest BCUT2D eigenvalue weighted by Gasteiger charge is 2.26. The molecule has 0 aliphatic rings. The van der Waals surface area contributed by atoms with Crippen molar-refractivity contribution in [2.45, 2.75) is 0 Å². The molecule has 3 nitrogen and oxygen atoms in total. The predicted molar refractivity (Wildman–Crippen MR) is 35.5 cm³/mol. The Morgan fingerprint density at radius 2 is 1.75 bits per heavy atom. The van der Waals surface area contributed by atoms with Gasteiger partial charge in [0.2, 0.25) is 5.82 Å². The first-order chi connectivity index (χ1) is 5.54. The zero-order valence-electron chi connectivity index (χ0n) is 5.71. The first-order valence-corrected chi connectivity index (χ1v) is 2.96. The van der Waals surface area contributed by atoms with Crippen molar-refractivity contribution in [1.29, 1.82) is 5.26 Å². The molecule has 1 rings (SSSR count). The van der Waals surface area contributed by atoms with Crippen LogP contribution < -0.4 is 5.46 Å². The molecule has 1 aromatic rings. The van der Waals surface area contributed by atoms with Crippen LogP contribution in [-0.2, 0) is 0 Å². The van der Waals surface area contributed by atoms with Gasteiger partial charge in [0.25, 0.3) is 0 Å². The molecule has 62 valence electrons. The van der Waals surface area contributed by atoms with Crippen molar-refractivity contribution in [3.05, 3.63) is 18.2 Å². The molecule has 12 heavy (non-hydrogen) atoms. The normalized spacial score (nSPS) is 10.8. The molecule has 0 saturated heterocycles. The summed E-state index contributed by atoms with van der Waals surface area (Å²) in [4.78, 5) is 6.37. The largest absolute Gasteiger partial charge is 0.512 e. The monoisotopic (exact) mass is 172 g/mol. The Labute approximate surface area is 65.9 Å². The molecule has 0 saturated carbocycles. The predicted octanol–water partition coefficient (Wildman–Crippen LogP) is 0.403. The van der Waals surface area contributed by atoms with Crippen molar-refractivity contribution in [1.82, 2.24) is 9.97 Å². The fraction of sp³-hybridized carbons (Fsp3) is 0. The van der Waals surface area contributed by atoms with Crippen LogP contribution in [0.25, 0.3) is 0 Å². The molecular weight excluding hydrogens is 170 g/mol. The fourth-order valence-corrected chi connectivity index (χ4v) is 0.565. The Kier molecular flexibility index (Phi) is 2.00. The average Bonchev–Trinajstić information content (AvgIpc) is 2.03. The fourth-order valence-electron chi connectivity index (χ4n) is 0.565. The topological polar surface area (TPSA) is 49.6 Å². The summed E-state index contributed by atoms with van der Waals surface area (Å²) in [6.45, 7) is -5.06. The number of nitrogens with zero attached hydrogens (tertiary/aromatic N) is 3. The molecule has 0 spiro atoms. The summed E-state index contributed by atoms with van der Waals surface area (Å²) >= 11 is 0. The SMILES string of the molecule is N#Cc1ncc([B-](F)(F)F)cn1. The minimum atomic E-state index is -5.06. The third-order valence-electron chi connectivity index (χ3n) is 1.15. The van der Waals surface area contributed by atoms with Gasteiger partial charge >= 0.3 is 6.98 Å². The van der Waals surface area contributed by atoms with E-state index in [2.05, 4.69) is 9.97 Å². The second kappa shape index (κ2) is 2.81. The third-order valence-corrected chi connectivity index (χ3v) is 1.15. The highest BCUT2D eigenvalue weighted by molar-refractivity contribution is 6.73. The molecule has 0 aliphatic carbocycles. The minimum absolute atomic E-state index is 0.265. The van der Waals surface area contributed by atoms with E-state index in [1.165, 1.54) is 6.07 Å². The van der Waals surface area contributed by atoms with Gasteiger partial charge in [0.05, 0.1) is 0 Å². The number of halogens is 3. The van der Waals surface area contributed by atoms with Crippen LogP contribution >= 0.6 is 0 Å². The maximum Gasteiger partial charge on any atom is 0.512 e. The zero-order chi connectivity index (χ0) is 9.19. The van der Waals surface area contributed by atoms with Gasteiger partial charge in [0, 0.05) is 12.4 Å². The Hall–Kier alpha value is -1.58. The number of hydrogen-bond acceptors (Lipinski definition) is 3. The maximum atomic E-state index is 11.9. The van der Waals surface area contributed by atoms with E-state index >= 15 is 0 Å². The summed E-state index contributed by atoms with van der Waals surface area (Å²) in [6, 6.07) is 1.52. The molecule has 0 unspecified atom stereocenters. The lowest BCUT2D eigenvalue weighted by molar-refractivity contribution is 0.500. The number of nitriles is 1. The molecule has 0 radical (unpaired) electrons. The van der Waals surface area contributed by atoms with E-state index in [0.29, 0.717) is 12.4 Å². The first-order valence-electron chi connectivity index (χ1n) is 2.96. The van der Waals surface area contributed by atoms with Gasteiger partial charge in [-0.2, -0.15) is 5.26 Å². The second-order valence-electron chi connectivity index (χ2n) is 2.03. The lowest BCUT2D eigenvalue weighted by Crippen LogP contribution is -2.34. The van der Waals surface area contributed by atoms with Crippen molar-refractivity contribution >= 4 is 12.4 Å². The molecule has 1 heterocycles. The molecular formula is C5H2BF3N3-. The van der Waals surface area contributed by atoms with Crippen LogP contribution in [0.1, 0.15) is 5.82 Å². The molecule has 0 atom stereocenters. The third kappa shape index (κ3) is 1.72. The smallest absolute Gasteiger partial charge is 0.445 e. The van der Waals surface area contributed by atoms with Crippen LogP contribution in [0.4, 0.5) is 12.9 Å². The lowest BCUT2D eigenvalue weighted by atomic mass is 9.83. The van der Waals surface area contributed by atoms with Crippen molar-refractivity contribution in [3.8, 4) is 6.07 Å². The summed E-state index contributed by atoms with van der Waals surface area (Å²) in [7, 11) is 0. The number of rotatable bonds is 1. The Morgan fingerprint density at radius 1 is 1.25 bits per heavy atom. The first kappa shape index (κ1) is 8.52. The molecule has 0 N–H and O–H groups in total. The Bertz CT molecular complexity index is 312. The molecule has 0 amide bonds. The van der Waals surface area contributed by atoms with Gasteiger partial charge in [0.15, 0.2) is 0 Å². The van der Waals surface area contributed by atoms with Crippen molar-refractivity contribution in [2.75, 3.05) is 0 Å². The van der Waals surface area contributed by atoms with Crippen molar-refractivity contribution in [2.24, 2.45) is 0 Å². The minimum Gasteiger partial charge on any atom is -0.445 e. The van der Waals surface area contributed by atoms with Crippen molar-refractivity contribution < 1.29 is 12.9 Å². The summed E-state index contributed by atoms with van der Waals surface area (Å²) in [5.74, 6) is -0.265. The lowest BCUT2D eigenvalue weighted by Gasteiger charge is -2.12. The Morgan fingerprint density at radius 3 is 2.08 bits per heavy atom. The van der Waals surface area contributed by atoms with Crippen LogP contribution in [0.2, 0.25) is 0 Å². The molecule has 1 aromatic heterocycles. The van der Waals surface area contributed by atoms with Gasteiger partial charge in [-0.15, -0.1) is 0 Å². The number of aromatic nitrogens is 2. The standard InChI is InChI=1S/C5H2BF3N3/c7-6(8,9)4-2-11-5(1-10)12-3-4/h2-3H/q-1. The summed E-state index contributed by atoms with van der Waals surface area (Å²) < 4.78 is 35.8. The van der Waals surface area contributed by atoms with E-state index < -0.39 is 12.4 Å². The van der Waals surface area contributed by atoms with Crippen LogP contribution in [0.15, 0.2) is 12.4 Å². The maximum absolute atomic E-state index is 11.9. The summed E-state index contributed by atoms with van der Waals surface area (Å²) in [5.41, 5.74) is -0.894. The van der Waals surface area contributed by atoms with E-state index in [9.17, 15) is 12.9 Å². The Balaban J connectivity index is 3.02. The summed E-state index contributed by atoms with van der Waals surface area (Å²) in [6.07, 6.45) is 1.21. The van der Waals surface area contributed by atoms with Gasteiger partial charge in [-0.3, -0.25) is 0 Å². The average molecular weight is 172 g/mol. The van der Waals surface area contributed by atoms with Gasteiger partial charge in [-0.1, -0.05) is 5.46 Å². The highest BCUT2D eigenvalue weighted by atomic mass is 19.4. The molecule has 0 fully saturated rings. The highest BCUT2D eigenvalue weighted by Crippen LogP contribution is 2.06. The van der Waals surface area contributed by atoms with Crippen LogP contribution in [0, 0.1) is 11.3 Å². The van der Waals surface area contributed by atoms with Crippen LogP contribution in [0.3, 0.4) is 0 Å². The van der Waals surface area contributed by atoms with Crippen LogP contribution in [-0.4, -0.2) is 16.9 Å². The molecule has 7 heteroatoms. The van der Waals surface area contributed by atoms with Gasteiger partial charge in [-0.25, -0.2) is 9.97 Å². The van der Waals surface area contributed by atoms with Gasteiger partial charge in [0.1, 0.15) is 6.07 Å². The van der Waals surface area contributed by atoms with Gasteiger partial charge in [-0.05, 0) is 0 Å².